The summed E-state index contributed by atoms with van der Waals surface area (Å²) >= 11 is 0. The Morgan fingerprint density at radius 2 is 1.65 bits per heavy atom. The molecule has 4 saturated carbocycles. The molecule has 5 nitrogen and oxygen atoms in total. The molecule has 0 aromatic heterocycles. The third kappa shape index (κ3) is 2.88. The fourth-order valence-corrected chi connectivity index (χ4v) is 6.87. The van der Waals surface area contributed by atoms with Crippen LogP contribution in [0.2, 0.25) is 0 Å². The highest BCUT2D eigenvalue weighted by molar-refractivity contribution is 6.19. The molecule has 1 atom stereocenters. The molecule has 0 aliphatic heterocycles. The maximum Gasteiger partial charge on any atom is 0.378 e. The number of hydrogen-bond donors (Lipinski definition) is 0. The minimum atomic E-state index is -4.33. The summed E-state index contributed by atoms with van der Waals surface area (Å²) in [6, 6.07) is 6.13. The lowest BCUT2D eigenvalue weighted by molar-refractivity contribution is -0.217. The number of fused-ring (bicyclic) bond motifs is 1. The predicted molar refractivity (Wildman–Crippen MR) is 105 cm³/mol. The molecule has 0 amide bonds. The molecule has 0 spiro atoms. The number of hydrogen-bond acceptors (Lipinski definition) is 5. The van der Waals surface area contributed by atoms with Gasteiger partial charge in [-0.2, -0.15) is 8.78 Å². The Hall–Kier alpha value is -2.31. The van der Waals surface area contributed by atoms with Crippen molar-refractivity contribution >= 4 is 17.7 Å². The number of halogens is 2. The number of esters is 2. The lowest BCUT2D eigenvalue weighted by Crippen LogP contribution is -2.61. The summed E-state index contributed by atoms with van der Waals surface area (Å²) in [5.74, 6) is -7.26. The smallest absolute Gasteiger partial charge is 0.378 e. The second kappa shape index (κ2) is 6.84. The Labute approximate surface area is 179 Å². The molecule has 1 aromatic rings. The van der Waals surface area contributed by atoms with Crippen LogP contribution in [-0.4, -0.2) is 35.9 Å². The van der Waals surface area contributed by atoms with Crippen LogP contribution in [-0.2, 0) is 25.5 Å². The van der Waals surface area contributed by atoms with E-state index in [1.165, 1.54) is 19.1 Å². The Bertz CT molecular complexity index is 920. The van der Waals surface area contributed by atoms with Gasteiger partial charge in [-0.3, -0.25) is 9.59 Å². The average Bonchev–Trinajstić information content (AvgIpc) is 3.01. The summed E-state index contributed by atoms with van der Waals surface area (Å²) in [4.78, 5) is 39.2. The Morgan fingerprint density at radius 3 is 2.19 bits per heavy atom. The highest BCUT2D eigenvalue weighted by atomic mass is 19.3. The highest BCUT2D eigenvalue weighted by Crippen LogP contribution is 2.58. The van der Waals surface area contributed by atoms with Crippen molar-refractivity contribution < 1.29 is 32.6 Å². The van der Waals surface area contributed by atoms with Crippen molar-refractivity contribution in [1.29, 1.82) is 0 Å². The molecule has 0 N–H and O–H groups in total. The summed E-state index contributed by atoms with van der Waals surface area (Å²) in [5, 5.41) is 0. The van der Waals surface area contributed by atoms with E-state index in [-0.39, 0.29) is 12.2 Å². The van der Waals surface area contributed by atoms with Crippen LogP contribution in [0.1, 0.15) is 61.4 Å². The Balaban J connectivity index is 1.54. The number of rotatable bonds is 5. The van der Waals surface area contributed by atoms with Gasteiger partial charge < -0.3 is 9.47 Å². The van der Waals surface area contributed by atoms with E-state index < -0.39 is 41.1 Å². The first-order chi connectivity index (χ1) is 14.7. The van der Waals surface area contributed by atoms with Gasteiger partial charge in [0.2, 0.25) is 5.41 Å². The number of carbonyl (C=O) groups is 3. The van der Waals surface area contributed by atoms with Crippen molar-refractivity contribution in [1.82, 2.24) is 0 Å². The van der Waals surface area contributed by atoms with Crippen molar-refractivity contribution in [2.24, 2.45) is 23.2 Å². The molecule has 4 bridgehead atoms. The average molecular weight is 432 g/mol. The molecule has 0 unspecified atom stereocenters. The van der Waals surface area contributed by atoms with Crippen molar-refractivity contribution in [2.45, 2.75) is 63.4 Å². The Kier molecular flexibility index (Phi) is 4.54. The van der Waals surface area contributed by atoms with Gasteiger partial charge in [0.15, 0.2) is 5.78 Å². The van der Waals surface area contributed by atoms with Gasteiger partial charge in [-0.25, -0.2) is 4.79 Å². The molecule has 166 valence electrons. The molecule has 5 aliphatic carbocycles. The van der Waals surface area contributed by atoms with E-state index >= 15 is 8.78 Å². The zero-order valence-corrected chi connectivity index (χ0v) is 17.5. The Morgan fingerprint density at radius 1 is 1.06 bits per heavy atom. The largest absolute Gasteiger partial charge is 0.462 e. The molecule has 6 rings (SSSR count). The molecule has 4 fully saturated rings. The van der Waals surface area contributed by atoms with E-state index in [1.807, 2.05) is 0 Å². The van der Waals surface area contributed by atoms with Gasteiger partial charge in [0.05, 0.1) is 6.61 Å². The van der Waals surface area contributed by atoms with Crippen LogP contribution in [0.4, 0.5) is 8.78 Å². The molecular formula is C24H26F2O5. The van der Waals surface area contributed by atoms with Gasteiger partial charge in [-0.1, -0.05) is 24.3 Å². The van der Waals surface area contributed by atoms with E-state index in [0.717, 1.165) is 19.3 Å². The van der Waals surface area contributed by atoms with Crippen LogP contribution < -0.4 is 0 Å². The van der Waals surface area contributed by atoms with Crippen LogP contribution >= 0.6 is 0 Å². The van der Waals surface area contributed by atoms with E-state index in [9.17, 15) is 14.4 Å². The van der Waals surface area contributed by atoms with Crippen molar-refractivity contribution in [3.8, 4) is 0 Å². The van der Waals surface area contributed by atoms with Crippen molar-refractivity contribution in [3.63, 3.8) is 0 Å². The van der Waals surface area contributed by atoms with Gasteiger partial charge in [0, 0.05) is 12.0 Å². The number of benzene rings is 1. The van der Waals surface area contributed by atoms with Crippen LogP contribution in [0.25, 0.3) is 0 Å². The first kappa shape index (κ1) is 20.6. The lowest BCUT2D eigenvalue weighted by atomic mass is 9.54. The standard InChI is InChI=1S/C24H26F2O5/c1-2-30-21(29)24(25,26)23(13-17-5-3-4-6-18(17)19(23)27)20(28)31-22-10-14-7-15(11-22)9-16(8-14)12-22/h3-6,14-16H,2,7-13H2,1H3/t14?,15?,16?,22?,23-/m0/s1. The highest BCUT2D eigenvalue weighted by Gasteiger charge is 2.73. The quantitative estimate of drug-likeness (QED) is 0.517. The molecule has 1 aromatic carbocycles. The van der Waals surface area contributed by atoms with E-state index in [0.29, 0.717) is 42.6 Å². The summed E-state index contributed by atoms with van der Waals surface area (Å²) in [5.41, 5.74) is -3.38. The van der Waals surface area contributed by atoms with Crippen LogP contribution in [0.15, 0.2) is 24.3 Å². The number of carbonyl (C=O) groups excluding carboxylic acids is 3. The zero-order chi connectivity index (χ0) is 22.0. The van der Waals surface area contributed by atoms with E-state index in [1.54, 1.807) is 12.1 Å². The third-order valence-corrected chi connectivity index (χ3v) is 7.81. The van der Waals surface area contributed by atoms with Crippen LogP contribution in [0.5, 0.6) is 0 Å². The van der Waals surface area contributed by atoms with Gasteiger partial charge in [0.25, 0.3) is 0 Å². The number of Topliss-reactive ketones (excluding diaryl/α,β-unsaturated/α-hetero) is 1. The molecule has 31 heavy (non-hydrogen) atoms. The van der Waals surface area contributed by atoms with Gasteiger partial charge in [-0.15, -0.1) is 0 Å². The van der Waals surface area contributed by atoms with Crippen LogP contribution in [0, 0.1) is 23.2 Å². The maximum atomic E-state index is 15.6. The van der Waals surface area contributed by atoms with Gasteiger partial charge >= 0.3 is 17.9 Å². The SMILES string of the molecule is CCOC(=O)C(F)(F)[C@@]1(C(=O)OC23CC4CC(CC(C4)C2)C3)Cc2ccccc2C1=O. The second-order valence-corrected chi connectivity index (χ2v) is 9.85. The summed E-state index contributed by atoms with van der Waals surface area (Å²) < 4.78 is 41.7. The first-order valence-electron chi connectivity index (χ1n) is 11.1. The summed E-state index contributed by atoms with van der Waals surface area (Å²) in [6.07, 6.45) is 4.63. The topological polar surface area (TPSA) is 69.7 Å². The van der Waals surface area contributed by atoms with Crippen molar-refractivity contribution in [3.05, 3.63) is 35.4 Å². The first-order valence-corrected chi connectivity index (χ1v) is 11.1. The molecule has 0 heterocycles. The van der Waals surface area contributed by atoms with Crippen molar-refractivity contribution in [2.75, 3.05) is 6.61 Å². The maximum absolute atomic E-state index is 15.6. The second-order valence-electron chi connectivity index (χ2n) is 9.85. The molecule has 7 heteroatoms. The third-order valence-electron chi connectivity index (χ3n) is 7.81. The lowest BCUT2D eigenvalue weighted by Gasteiger charge is -2.56. The fraction of sp³-hybridized carbons (Fsp3) is 0.625. The minimum Gasteiger partial charge on any atom is -0.462 e. The van der Waals surface area contributed by atoms with Gasteiger partial charge in [0.1, 0.15) is 5.60 Å². The monoisotopic (exact) mass is 432 g/mol. The summed E-state index contributed by atoms with van der Waals surface area (Å²) in [7, 11) is 0. The van der Waals surface area contributed by atoms with E-state index in [2.05, 4.69) is 4.74 Å². The van der Waals surface area contributed by atoms with Gasteiger partial charge in [-0.05, 0) is 68.8 Å². The molecule has 5 aliphatic rings. The minimum absolute atomic E-state index is 0.0361. The van der Waals surface area contributed by atoms with Crippen LogP contribution in [0.3, 0.4) is 0 Å². The number of ketones is 1. The number of ether oxygens (including phenoxy) is 2. The molecule has 0 saturated heterocycles. The summed E-state index contributed by atoms with van der Waals surface area (Å²) in [6.45, 7) is 1.12. The van der Waals surface area contributed by atoms with E-state index in [4.69, 9.17) is 4.74 Å². The molecule has 0 radical (unpaired) electrons. The number of alkyl halides is 2. The molecular weight excluding hydrogens is 406 g/mol. The zero-order valence-electron chi connectivity index (χ0n) is 17.5. The normalized spacial score (nSPS) is 35.7. The predicted octanol–water partition coefficient (Wildman–Crippen LogP) is 4.12. The fourth-order valence-electron chi connectivity index (χ4n) is 6.87.